The van der Waals surface area contributed by atoms with Crippen LogP contribution < -0.4 is 10.6 Å². The molecule has 2 rings (SSSR count). The lowest BCUT2D eigenvalue weighted by atomic mass is 9.85. The minimum atomic E-state index is -4.09. The third-order valence-corrected chi connectivity index (χ3v) is 5.13. The summed E-state index contributed by atoms with van der Waals surface area (Å²) in [6.07, 6.45) is -2.12. The second-order valence-corrected chi connectivity index (χ2v) is 7.65. The van der Waals surface area contributed by atoms with Gasteiger partial charge in [0.15, 0.2) is 5.96 Å². The fraction of sp³-hybridized carbons (Fsp3) is 0.619. The second kappa shape index (κ2) is 10.5. The summed E-state index contributed by atoms with van der Waals surface area (Å²) in [5, 5.41) is 6.43. The normalized spacial score (nSPS) is 20.3. The zero-order valence-corrected chi connectivity index (χ0v) is 17.4. The summed E-state index contributed by atoms with van der Waals surface area (Å²) in [5.74, 6) is -0.597. The topological polar surface area (TPSA) is 56.7 Å². The Kier molecular flexibility index (Phi) is 8.34. The molecule has 0 spiro atoms. The predicted molar refractivity (Wildman–Crippen MR) is 109 cm³/mol. The maximum absolute atomic E-state index is 12.8. The van der Waals surface area contributed by atoms with Gasteiger partial charge in [0.25, 0.3) is 5.91 Å². The van der Waals surface area contributed by atoms with Gasteiger partial charge in [0.05, 0.1) is 5.92 Å². The van der Waals surface area contributed by atoms with Crippen molar-refractivity contribution in [2.75, 3.05) is 27.2 Å². The highest BCUT2D eigenvalue weighted by molar-refractivity contribution is 5.94. The minimum Gasteiger partial charge on any atom is -0.357 e. The molecule has 5 nitrogen and oxygen atoms in total. The average molecular weight is 413 g/mol. The highest BCUT2D eigenvalue weighted by atomic mass is 19.4. The number of alkyl halides is 3. The molecule has 1 amide bonds. The van der Waals surface area contributed by atoms with Crippen LogP contribution in [0, 0.1) is 5.92 Å². The number of halogens is 3. The van der Waals surface area contributed by atoms with Crippen LogP contribution in [-0.4, -0.2) is 56.2 Å². The fourth-order valence-corrected chi connectivity index (χ4v) is 3.49. The molecular formula is C21H31F3N4O. The van der Waals surface area contributed by atoms with Crippen LogP contribution in [0.1, 0.15) is 48.5 Å². The first-order valence-corrected chi connectivity index (χ1v) is 10.1. The van der Waals surface area contributed by atoms with E-state index in [1.165, 1.54) is 4.90 Å². The number of aliphatic imine (C=N–C) groups is 1. The van der Waals surface area contributed by atoms with E-state index in [-0.39, 0.29) is 24.8 Å². The molecule has 0 bridgehead atoms. The van der Waals surface area contributed by atoms with Crippen molar-refractivity contribution < 1.29 is 18.0 Å². The number of rotatable bonds is 6. The lowest BCUT2D eigenvalue weighted by Crippen LogP contribution is -2.45. The number of hydrogen-bond donors (Lipinski definition) is 2. The molecule has 1 aliphatic carbocycles. The summed E-state index contributed by atoms with van der Waals surface area (Å²) in [5.41, 5.74) is 1.66. The lowest BCUT2D eigenvalue weighted by Gasteiger charge is -2.31. The Morgan fingerprint density at radius 1 is 1.21 bits per heavy atom. The molecule has 0 aromatic heterocycles. The SMILES string of the molecule is CCNC(=NCCc1cccc(C(=O)N(C)C)c1)NC1CCC(C(F)(F)F)CC1. The second-order valence-electron chi connectivity index (χ2n) is 7.65. The summed E-state index contributed by atoms with van der Waals surface area (Å²) < 4.78 is 38.5. The number of hydrogen-bond acceptors (Lipinski definition) is 2. The van der Waals surface area contributed by atoms with Crippen molar-refractivity contribution in [1.82, 2.24) is 15.5 Å². The average Bonchev–Trinajstić information content (AvgIpc) is 2.67. The molecule has 1 fully saturated rings. The molecule has 0 atom stereocenters. The van der Waals surface area contributed by atoms with Crippen LogP contribution in [0.25, 0.3) is 0 Å². The Labute approximate surface area is 170 Å². The molecule has 0 aliphatic heterocycles. The number of benzene rings is 1. The summed E-state index contributed by atoms with van der Waals surface area (Å²) in [6.45, 7) is 3.15. The van der Waals surface area contributed by atoms with Gasteiger partial charge in [-0.15, -0.1) is 0 Å². The highest BCUT2D eigenvalue weighted by Crippen LogP contribution is 2.37. The number of nitrogens with one attached hydrogen (secondary N) is 2. The first-order valence-electron chi connectivity index (χ1n) is 10.1. The molecule has 29 heavy (non-hydrogen) atoms. The highest BCUT2D eigenvalue weighted by Gasteiger charge is 2.41. The van der Waals surface area contributed by atoms with Crippen molar-refractivity contribution in [1.29, 1.82) is 0 Å². The van der Waals surface area contributed by atoms with Gasteiger partial charge in [-0.3, -0.25) is 9.79 Å². The van der Waals surface area contributed by atoms with Crippen LogP contribution in [0.3, 0.4) is 0 Å². The van der Waals surface area contributed by atoms with E-state index in [2.05, 4.69) is 15.6 Å². The van der Waals surface area contributed by atoms with Gasteiger partial charge in [0.2, 0.25) is 0 Å². The van der Waals surface area contributed by atoms with Crippen molar-refractivity contribution >= 4 is 11.9 Å². The van der Waals surface area contributed by atoms with E-state index in [0.717, 1.165) is 5.56 Å². The maximum atomic E-state index is 12.8. The standard InChI is InChI=1S/C21H31F3N4O/c1-4-25-20(27-18-10-8-17(9-11-18)21(22,23)24)26-13-12-15-6-5-7-16(14-15)19(29)28(2)3/h5-7,14,17-18H,4,8-13H2,1-3H3,(H2,25,26,27). The molecule has 0 heterocycles. The Morgan fingerprint density at radius 3 is 2.48 bits per heavy atom. The van der Waals surface area contributed by atoms with E-state index in [9.17, 15) is 18.0 Å². The van der Waals surface area contributed by atoms with Gasteiger partial charge in [0.1, 0.15) is 0 Å². The van der Waals surface area contributed by atoms with Crippen LogP contribution in [-0.2, 0) is 6.42 Å². The smallest absolute Gasteiger partial charge is 0.357 e. The van der Waals surface area contributed by atoms with E-state index in [1.807, 2.05) is 25.1 Å². The zero-order chi connectivity index (χ0) is 21.4. The van der Waals surface area contributed by atoms with Crippen LogP contribution in [0.15, 0.2) is 29.3 Å². The van der Waals surface area contributed by atoms with Crippen molar-refractivity contribution in [2.45, 2.75) is 51.2 Å². The molecule has 8 heteroatoms. The number of carbonyl (C=O) groups excluding carboxylic acids is 1. The zero-order valence-electron chi connectivity index (χ0n) is 17.4. The van der Waals surface area contributed by atoms with E-state index in [4.69, 9.17) is 0 Å². The maximum Gasteiger partial charge on any atom is 0.391 e. The number of amides is 1. The molecule has 0 unspecified atom stereocenters. The Hall–Kier alpha value is -2.25. The third-order valence-electron chi connectivity index (χ3n) is 5.13. The monoisotopic (exact) mass is 412 g/mol. The predicted octanol–water partition coefficient (Wildman–Crippen LogP) is 3.61. The molecule has 1 aromatic rings. The van der Waals surface area contributed by atoms with Crippen LogP contribution in [0.5, 0.6) is 0 Å². The van der Waals surface area contributed by atoms with E-state index in [1.54, 1.807) is 20.2 Å². The number of nitrogens with zero attached hydrogens (tertiary/aromatic N) is 2. The Bertz CT molecular complexity index is 695. The fourth-order valence-electron chi connectivity index (χ4n) is 3.49. The Balaban J connectivity index is 1.90. The lowest BCUT2D eigenvalue weighted by molar-refractivity contribution is -0.182. The first kappa shape index (κ1) is 23.0. The summed E-state index contributed by atoms with van der Waals surface area (Å²) in [7, 11) is 3.44. The number of guanidine groups is 1. The molecular weight excluding hydrogens is 381 g/mol. The van der Waals surface area contributed by atoms with Crippen molar-refractivity contribution in [3.05, 3.63) is 35.4 Å². The Morgan fingerprint density at radius 2 is 1.90 bits per heavy atom. The molecule has 2 N–H and O–H groups in total. The van der Waals surface area contributed by atoms with Crippen molar-refractivity contribution in [3.63, 3.8) is 0 Å². The van der Waals surface area contributed by atoms with E-state index < -0.39 is 12.1 Å². The van der Waals surface area contributed by atoms with Crippen LogP contribution in [0.4, 0.5) is 13.2 Å². The molecule has 1 aromatic carbocycles. The number of carbonyl (C=O) groups is 1. The van der Waals surface area contributed by atoms with Gasteiger partial charge >= 0.3 is 6.18 Å². The van der Waals surface area contributed by atoms with Gasteiger partial charge in [0, 0.05) is 38.8 Å². The largest absolute Gasteiger partial charge is 0.391 e. The van der Waals surface area contributed by atoms with Gasteiger partial charge in [-0.05, 0) is 56.7 Å². The van der Waals surface area contributed by atoms with Gasteiger partial charge in [-0.2, -0.15) is 13.2 Å². The molecule has 0 saturated heterocycles. The van der Waals surface area contributed by atoms with Crippen molar-refractivity contribution in [3.8, 4) is 0 Å². The van der Waals surface area contributed by atoms with Gasteiger partial charge < -0.3 is 15.5 Å². The third kappa shape index (κ3) is 7.25. The summed E-state index contributed by atoms with van der Waals surface area (Å²) in [6, 6.07) is 7.49. The van der Waals surface area contributed by atoms with Crippen LogP contribution >= 0.6 is 0 Å². The minimum absolute atomic E-state index is 0.00689. The molecule has 0 radical (unpaired) electrons. The molecule has 1 aliphatic rings. The summed E-state index contributed by atoms with van der Waals surface area (Å²) in [4.78, 5) is 18.2. The van der Waals surface area contributed by atoms with Crippen LogP contribution in [0.2, 0.25) is 0 Å². The first-order chi connectivity index (χ1) is 13.7. The quantitative estimate of drug-likeness (QED) is 0.554. The molecule has 162 valence electrons. The van der Waals surface area contributed by atoms with Gasteiger partial charge in [-0.1, -0.05) is 12.1 Å². The van der Waals surface area contributed by atoms with Crippen molar-refractivity contribution in [2.24, 2.45) is 10.9 Å². The summed E-state index contributed by atoms with van der Waals surface area (Å²) >= 11 is 0. The van der Waals surface area contributed by atoms with Gasteiger partial charge in [-0.25, -0.2) is 0 Å². The van der Waals surface area contributed by atoms with E-state index >= 15 is 0 Å². The molecule has 1 saturated carbocycles. The van der Waals surface area contributed by atoms with E-state index in [0.29, 0.717) is 43.9 Å².